The fourth-order valence-electron chi connectivity index (χ4n) is 11.4. The van der Waals surface area contributed by atoms with E-state index >= 15 is 0 Å². The van der Waals surface area contributed by atoms with Crippen LogP contribution in [-0.2, 0) is 19.3 Å². The summed E-state index contributed by atoms with van der Waals surface area (Å²) in [4.78, 5) is 57.4. The molecule has 3 aromatic carbocycles. The van der Waals surface area contributed by atoms with Gasteiger partial charge in [0.25, 0.3) is 0 Å². The minimum Gasteiger partial charge on any atom is -0.396 e. The van der Waals surface area contributed by atoms with Crippen LogP contribution in [0.3, 0.4) is 0 Å². The quantitative estimate of drug-likeness (QED) is 0.0450. The Balaban J connectivity index is 0.000000130. The summed E-state index contributed by atoms with van der Waals surface area (Å²) in [5.74, 6) is 1.64. The van der Waals surface area contributed by atoms with Gasteiger partial charge in [0.15, 0.2) is 0 Å². The average Bonchev–Trinajstić information content (AvgIpc) is 2.61. The molecule has 14 rings (SSSR count). The molecule has 89 heavy (non-hydrogen) atoms. The third-order valence-corrected chi connectivity index (χ3v) is 16.7. The highest BCUT2D eigenvalue weighted by Crippen LogP contribution is 2.32. The van der Waals surface area contributed by atoms with Crippen LogP contribution in [0.25, 0.3) is 66.9 Å². The molecule has 2 fully saturated rings. The summed E-state index contributed by atoms with van der Waals surface area (Å²) in [6.07, 6.45) is 23.2. The lowest BCUT2D eigenvalue weighted by atomic mass is 10.1. The van der Waals surface area contributed by atoms with Gasteiger partial charge >= 0.3 is 0 Å². The van der Waals surface area contributed by atoms with E-state index in [2.05, 4.69) is 144 Å². The van der Waals surface area contributed by atoms with Crippen molar-refractivity contribution in [3.8, 4) is 33.8 Å². The number of piperidine rings is 1. The van der Waals surface area contributed by atoms with Crippen molar-refractivity contribution in [3.63, 3.8) is 0 Å². The zero-order valence-corrected chi connectivity index (χ0v) is 51.1. The number of likely N-dealkylation sites (N-methyl/N-ethyl adjacent to an activating group) is 1. The molecule has 12 aromatic rings. The summed E-state index contributed by atoms with van der Waals surface area (Å²) in [6.45, 7) is 13.8. The van der Waals surface area contributed by atoms with Crippen molar-refractivity contribution in [1.29, 1.82) is 0 Å². The SMILES string of the molecule is Cc1cc(CCN2CCCCC2)ccc1Nc1nccc(-c2c[nH]c3ncccc23)n1.Cc1cc(CCN2CCN(C)CC2)ccc1Nc1nccc(-c2c[nH]c3ncccc23)n1.OCCc1ccc(Nc2nccc(-c3c[nH]c4ncccc34)n2)c(Cl)c1. The molecule has 0 bridgehead atoms. The molecule has 0 amide bonds. The van der Waals surface area contributed by atoms with Crippen molar-refractivity contribution in [3.05, 3.63) is 198 Å². The van der Waals surface area contributed by atoms with E-state index in [0.29, 0.717) is 35.0 Å². The number of fused-ring (bicyclic) bond motifs is 3. The van der Waals surface area contributed by atoms with E-state index in [1.54, 1.807) is 37.2 Å². The Kier molecular flexibility index (Phi) is 19.2. The number of hydrogen-bond donors (Lipinski definition) is 7. The van der Waals surface area contributed by atoms with E-state index in [0.717, 1.165) is 136 Å². The van der Waals surface area contributed by atoms with Crippen molar-refractivity contribution < 1.29 is 5.11 Å². The predicted molar refractivity (Wildman–Crippen MR) is 357 cm³/mol. The largest absolute Gasteiger partial charge is 0.396 e. The highest BCUT2D eigenvalue weighted by molar-refractivity contribution is 6.33. The third kappa shape index (κ3) is 15.1. The van der Waals surface area contributed by atoms with Gasteiger partial charge < -0.3 is 50.7 Å². The van der Waals surface area contributed by atoms with Crippen LogP contribution in [0.2, 0.25) is 5.02 Å². The van der Waals surface area contributed by atoms with Gasteiger partial charge in [-0.3, -0.25) is 0 Å². The van der Waals surface area contributed by atoms with Gasteiger partial charge in [0.2, 0.25) is 17.8 Å². The number of halogens is 1. The van der Waals surface area contributed by atoms with Crippen molar-refractivity contribution in [2.24, 2.45) is 0 Å². The van der Waals surface area contributed by atoms with E-state index < -0.39 is 0 Å². The molecule has 2 aliphatic heterocycles. The number of hydrogen-bond acceptors (Lipinski definition) is 16. The second-order valence-corrected chi connectivity index (χ2v) is 23.0. The molecule has 2 aliphatic rings. The minimum absolute atomic E-state index is 0.0910. The molecule has 452 valence electrons. The van der Waals surface area contributed by atoms with E-state index in [-0.39, 0.29) is 6.61 Å². The molecular weight excluding hydrogens is 1130 g/mol. The number of likely N-dealkylation sites (tertiary alicyclic amines) is 1. The Morgan fingerprint density at radius 3 is 1.27 bits per heavy atom. The van der Waals surface area contributed by atoms with Crippen molar-refractivity contribution in [1.82, 2.24) is 74.5 Å². The number of piperazine rings is 1. The van der Waals surface area contributed by atoms with Gasteiger partial charge in [-0.15, -0.1) is 0 Å². The molecule has 9 aromatic heterocycles. The smallest absolute Gasteiger partial charge is 0.227 e. The Morgan fingerprint density at radius 2 is 0.854 bits per heavy atom. The lowest BCUT2D eigenvalue weighted by Crippen LogP contribution is -2.45. The Labute approximate surface area is 522 Å². The summed E-state index contributed by atoms with van der Waals surface area (Å²) in [5.41, 5.74) is 17.0. The maximum atomic E-state index is 9.03. The molecule has 19 nitrogen and oxygen atoms in total. The number of aliphatic hydroxyl groups excluding tert-OH is 1. The first kappa shape index (κ1) is 59.8. The van der Waals surface area contributed by atoms with Crippen LogP contribution in [0.15, 0.2) is 165 Å². The third-order valence-electron chi connectivity index (χ3n) is 16.4. The van der Waals surface area contributed by atoms with Gasteiger partial charge in [0.1, 0.15) is 16.9 Å². The number of pyridine rings is 3. The van der Waals surface area contributed by atoms with Gasteiger partial charge in [0, 0.05) is 146 Å². The van der Waals surface area contributed by atoms with E-state index in [9.17, 15) is 0 Å². The number of benzene rings is 3. The van der Waals surface area contributed by atoms with E-state index in [1.165, 1.54) is 54.6 Å². The maximum absolute atomic E-state index is 9.03. The van der Waals surface area contributed by atoms with Crippen molar-refractivity contribution in [2.45, 2.75) is 52.4 Å². The summed E-state index contributed by atoms with van der Waals surface area (Å²) in [5, 5.41) is 22.6. The number of nitrogens with one attached hydrogen (secondary N) is 6. The van der Waals surface area contributed by atoms with Crippen LogP contribution < -0.4 is 16.0 Å². The normalized spacial score (nSPS) is 13.9. The molecular formula is C69H73ClN18O. The highest BCUT2D eigenvalue weighted by atomic mass is 35.5. The van der Waals surface area contributed by atoms with Crippen LogP contribution in [-0.4, -0.2) is 146 Å². The second-order valence-electron chi connectivity index (χ2n) is 22.6. The van der Waals surface area contributed by atoms with Crippen LogP contribution >= 0.6 is 11.6 Å². The van der Waals surface area contributed by atoms with Crippen LogP contribution in [0.4, 0.5) is 34.9 Å². The molecule has 0 saturated carbocycles. The first-order chi connectivity index (χ1) is 43.7. The van der Waals surface area contributed by atoms with Gasteiger partial charge in [-0.25, -0.2) is 44.9 Å². The zero-order chi connectivity index (χ0) is 60.9. The number of aromatic nitrogens is 12. The second kappa shape index (κ2) is 28.6. The number of anilines is 6. The number of aliphatic hydroxyl groups is 1. The Morgan fingerprint density at radius 1 is 0.449 bits per heavy atom. The fourth-order valence-corrected chi connectivity index (χ4v) is 11.6. The summed E-state index contributed by atoms with van der Waals surface area (Å²) in [6, 6.07) is 36.5. The summed E-state index contributed by atoms with van der Waals surface area (Å²) >= 11 is 6.32. The first-order valence-corrected chi connectivity index (χ1v) is 30.8. The highest BCUT2D eigenvalue weighted by Gasteiger charge is 2.17. The predicted octanol–water partition coefficient (Wildman–Crippen LogP) is 12.9. The number of aromatic amines is 3. The van der Waals surface area contributed by atoms with E-state index in [4.69, 9.17) is 26.7 Å². The first-order valence-electron chi connectivity index (χ1n) is 30.5. The van der Waals surface area contributed by atoms with Crippen LogP contribution in [0.5, 0.6) is 0 Å². The molecule has 0 unspecified atom stereocenters. The number of nitrogens with zero attached hydrogens (tertiary/aromatic N) is 12. The molecule has 7 N–H and O–H groups in total. The van der Waals surface area contributed by atoms with Crippen LogP contribution in [0.1, 0.15) is 47.1 Å². The lowest BCUT2D eigenvalue weighted by molar-refractivity contribution is 0.155. The van der Waals surface area contributed by atoms with E-state index in [1.807, 2.05) is 85.3 Å². The number of aryl methyl sites for hydroxylation is 2. The molecule has 0 aliphatic carbocycles. The average molecular weight is 1210 g/mol. The number of H-pyrrole nitrogens is 3. The maximum Gasteiger partial charge on any atom is 0.227 e. The standard InChI is InChI=1S/C25H29N7.C25H28N6.C19H16ClN5O/c1-18-16-19(8-11-32-14-12-31(2)13-15-32)5-6-22(18)29-25-27-10-7-23(30-25)21-17-28-24-20(21)4-3-9-26-24;1-18-16-19(10-15-31-13-3-2-4-14-31)7-8-22(18)29-25-27-12-9-23(30-25)21-17-28-24-20(21)6-5-11-26-24;20-15-10-12(6-9-26)3-4-17(15)25-19-22-8-5-16(24-19)14-11-23-18-13(14)2-1-7-21-18/h3-7,9-10,16-17H,8,11-15H2,1-2H3,(H,26,28)(H,27,29,30);5-9,11-12,16-17H,2-4,10,13-15H2,1H3,(H,26,28)(H,27,29,30);1-5,7-8,10-11,26H,6,9H2,(H,21,23)(H,22,24,25). The summed E-state index contributed by atoms with van der Waals surface area (Å²) < 4.78 is 0. The fraction of sp³-hybridized carbons (Fsp3) is 0.261. The molecule has 11 heterocycles. The molecule has 0 spiro atoms. The topological polar surface area (TPSA) is 229 Å². The Hall–Kier alpha value is -9.50. The molecule has 0 atom stereocenters. The zero-order valence-electron chi connectivity index (χ0n) is 50.4. The van der Waals surface area contributed by atoms with Crippen molar-refractivity contribution >= 4 is 79.6 Å². The van der Waals surface area contributed by atoms with Crippen LogP contribution in [0, 0.1) is 13.8 Å². The van der Waals surface area contributed by atoms with Crippen molar-refractivity contribution in [2.75, 3.05) is 82.0 Å². The number of rotatable bonds is 17. The molecule has 0 radical (unpaired) electrons. The minimum atomic E-state index is 0.0910. The van der Waals surface area contributed by atoms with Gasteiger partial charge in [-0.1, -0.05) is 48.4 Å². The van der Waals surface area contributed by atoms with Gasteiger partial charge in [-0.05, 0) is 173 Å². The summed E-state index contributed by atoms with van der Waals surface area (Å²) in [7, 11) is 2.20. The Bertz CT molecular complexity index is 4320. The molecule has 20 heteroatoms. The lowest BCUT2D eigenvalue weighted by Gasteiger charge is -2.32. The molecule has 2 saturated heterocycles. The van der Waals surface area contributed by atoms with Gasteiger partial charge in [-0.2, -0.15) is 0 Å². The monoisotopic (exact) mass is 1200 g/mol. The van der Waals surface area contributed by atoms with Gasteiger partial charge in [0.05, 0.1) is 27.8 Å².